The molecule has 0 aromatic carbocycles. The van der Waals surface area contributed by atoms with Gasteiger partial charge in [0.25, 0.3) is 0 Å². The summed E-state index contributed by atoms with van der Waals surface area (Å²) in [6.07, 6.45) is 1.38. The van der Waals surface area contributed by atoms with Crippen molar-refractivity contribution in [2.24, 2.45) is 5.92 Å². The van der Waals surface area contributed by atoms with Crippen molar-refractivity contribution in [1.82, 2.24) is 0 Å². The molecule has 0 heterocycles. The molecule has 0 N–H and O–H groups in total. The maximum Gasteiger partial charge on any atom is 0.144 e. The third-order valence-electron chi connectivity index (χ3n) is 2.31. The van der Waals surface area contributed by atoms with Crippen LogP contribution in [0.5, 0.6) is 0 Å². The SMILES string of the molecule is CCCC(=O)C(C)([SiH3])C(=O)C(C)C. The summed E-state index contributed by atoms with van der Waals surface area (Å²) in [5.41, 5.74) is 0. The van der Waals surface area contributed by atoms with Gasteiger partial charge >= 0.3 is 0 Å². The first kappa shape index (κ1) is 12.6. The van der Waals surface area contributed by atoms with Crippen molar-refractivity contribution < 1.29 is 9.59 Å². The van der Waals surface area contributed by atoms with Crippen molar-refractivity contribution in [1.29, 1.82) is 0 Å². The molecule has 0 aliphatic heterocycles. The Labute approximate surface area is 83.5 Å². The number of rotatable bonds is 5. The lowest BCUT2D eigenvalue weighted by Crippen LogP contribution is -2.33. The summed E-state index contributed by atoms with van der Waals surface area (Å²) in [7, 11) is 0.629. The largest absolute Gasteiger partial charge is 0.299 e. The predicted octanol–water partition coefficient (Wildman–Crippen LogP) is 1.12. The van der Waals surface area contributed by atoms with Gasteiger partial charge in [-0.2, -0.15) is 0 Å². The molecule has 0 aliphatic carbocycles. The number of Topliss-reactive ketones (excluding diaryl/α,β-unsaturated/α-hetero) is 2. The third-order valence-corrected chi connectivity index (χ3v) is 3.37. The van der Waals surface area contributed by atoms with Crippen LogP contribution in [0.25, 0.3) is 0 Å². The highest BCUT2D eigenvalue weighted by atomic mass is 28.1. The van der Waals surface area contributed by atoms with E-state index in [1.807, 2.05) is 20.8 Å². The Morgan fingerprint density at radius 1 is 1.38 bits per heavy atom. The molecule has 0 aromatic rings. The standard InChI is InChI=1S/C10H20O2Si/c1-5-6-8(11)10(4,13)9(12)7(2)3/h7H,5-6H2,1-4,13H3. The lowest BCUT2D eigenvalue weighted by Gasteiger charge is -2.23. The lowest BCUT2D eigenvalue weighted by molar-refractivity contribution is -0.132. The fourth-order valence-corrected chi connectivity index (χ4v) is 2.23. The predicted molar refractivity (Wildman–Crippen MR) is 58.1 cm³/mol. The van der Waals surface area contributed by atoms with Gasteiger partial charge in [0.05, 0.1) is 5.04 Å². The quantitative estimate of drug-likeness (QED) is 0.492. The first-order valence-corrected chi connectivity index (χ1v) is 5.91. The summed E-state index contributed by atoms with van der Waals surface area (Å²) in [6.45, 7) is 7.48. The molecule has 0 bridgehead atoms. The van der Waals surface area contributed by atoms with E-state index in [0.717, 1.165) is 6.42 Å². The zero-order chi connectivity index (χ0) is 10.6. The Hall–Kier alpha value is -0.443. The zero-order valence-electron chi connectivity index (χ0n) is 9.31. The van der Waals surface area contributed by atoms with E-state index < -0.39 is 5.04 Å². The molecular weight excluding hydrogens is 180 g/mol. The van der Waals surface area contributed by atoms with E-state index in [9.17, 15) is 9.59 Å². The summed E-state index contributed by atoms with van der Waals surface area (Å²) < 4.78 is 0. The van der Waals surface area contributed by atoms with Gasteiger partial charge in [-0.3, -0.25) is 9.59 Å². The Bertz CT molecular complexity index is 207. The van der Waals surface area contributed by atoms with Crippen LogP contribution in [-0.2, 0) is 9.59 Å². The van der Waals surface area contributed by atoms with Crippen molar-refractivity contribution in [3.8, 4) is 0 Å². The number of hydrogen-bond acceptors (Lipinski definition) is 2. The number of ketones is 2. The summed E-state index contributed by atoms with van der Waals surface area (Å²) in [6, 6.07) is 0. The minimum atomic E-state index is -0.649. The van der Waals surface area contributed by atoms with E-state index in [2.05, 4.69) is 0 Å². The minimum Gasteiger partial charge on any atom is -0.299 e. The molecule has 0 aromatic heterocycles. The second kappa shape index (κ2) is 4.70. The molecule has 0 saturated heterocycles. The zero-order valence-corrected chi connectivity index (χ0v) is 11.3. The number of hydrogen-bond donors (Lipinski definition) is 0. The molecule has 0 aliphatic rings. The first-order valence-electron chi connectivity index (χ1n) is 4.91. The van der Waals surface area contributed by atoms with E-state index in [1.54, 1.807) is 6.92 Å². The van der Waals surface area contributed by atoms with Crippen LogP contribution in [0.3, 0.4) is 0 Å². The van der Waals surface area contributed by atoms with E-state index in [-0.39, 0.29) is 17.5 Å². The van der Waals surface area contributed by atoms with Gasteiger partial charge in [-0.1, -0.05) is 20.8 Å². The molecule has 2 nitrogen and oxygen atoms in total. The molecular formula is C10H20O2Si. The molecule has 0 saturated carbocycles. The van der Waals surface area contributed by atoms with Gasteiger partial charge in [0.15, 0.2) is 0 Å². The van der Waals surface area contributed by atoms with Gasteiger partial charge in [0.1, 0.15) is 11.6 Å². The van der Waals surface area contributed by atoms with E-state index in [4.69, 9.17) is 0 Å². The molecule has 0 fully saturated rings. The smallest absolute Gasteiger partial charge is 0.144 e. The summed E-state index contributed by atoms with van der Waals surface area (Å²) >= 11 is 0. The molecule has 0 radical (unpaired) electrons. The average molecular weight is 200 g/mol. The van der Waals surface area contributed by atoms with E-state index >= 15 is 0 Å². The second-order valence-corrected chi connectivity index (χ2v) is 6.32. The van der Waals surface area contributed by atoms with Gasteiger partial charge in [0, 0.05) is 22.6 Å². The van der Waals surface area contributed by atoms with Crippen molar-refractivity contribution in [3.05, 3.63) is 0 Å². The van der Waals surface area contributed by atoms with Crippen LogP contribution < -0.4 is 0 Å². The molecule has 3 heteroatoms. The molecule has 0 spiro atoms. The van der Waals surface area contributed by atoms with Gasteiger partial charge in [0.2, 0.25) is 0 Å². The van der Waals surface area contributed by atoms with Crippen molar-refractivity contribution >= 4 is 21.8 Å². The molecule has 76 valence electrons. The lowest BCUT2D eigenvalue weighted by atomic mass is 9.90. The van der Waals surface area contributed by atoms with Crippen molar-refractivity contribution in [2.45, 2.75) is 45.6 Å². The van der Waals surface area contributed by atoms with Crippen molar-refractivity contribution in [3.63, 3.8) is 0 Å². The maximum absolute atomic E-state index is 11.7. The van der Waals surface area contributed by atoms with Crippen LogP contribution in [0, 0.1) is 5.92 Å². The number of carbonyl (C=O) groups excluding carboxylic acids is 2. The molecule has 0 rings (SSSR count). The molecule has 1 atom stereocenters. The van der Waals surface area contributed by atoms with Gasteiger partial charge < -0.3 is 0 Å². The Morgan fingerprint density at radius 3 is 2.15 bits per heavy atom. The Kier molecular flexibility index (Phi) is 4.54. The fourth-order valence-electron chi connectivity index (χ4n) is 1.40. The topological polar surface area (TPSA) is 34.1 Å². The highest BCUT2D eigenvalue weighted by Crippen LogP contribution is 2.28. The summed E-state index contributed by atoms with van der Waals surface area (Å²) in [4.78, 5) is 23.3. The van der Waals surface area contributed by atoms with Crippen LogP contribution in [0.1, 0.15) is 40.5 Å². The number of carbonyl (C=O) groups is 2. The Morgan fingerprint density at radius 2 is 1.85 bits per heavy atom. The van der Waals surface area contributed by atoms with Crippen LogP contribution in [0.15, 0.2) is 0 Å². The van der Waals surface area contributed by atoms with Crippen LogP contribution in [0.2, 0.25) is 5.04 Å². The average Bonchev–Trinajstić information content (AvgIpc) is 2.03. The third kappa shape index (κ3) is 3.07. The highest BCUT2D eigenvalue weighted by Gasteiger charge is 2.35. The molecule has 13 heavy (non-hydrogen) atoms. The summed E-state index contributed by atoms with van der Waals surface area (Å²) in [5.74, 6) is 0.210. The van der Waals surface area contributed by atoms with Crippen LogP contribution in [-0.4, -0.2) is 21.8 Å². The van der Waals surface area contributed by atoms with Crippen LogP contribution >= 0.6 is 0 Å². The monoisotopic (exact) mass is 200 g/mol. The van der Waals surface area contributed by atoms with Gasteiger partial charge in [-0.15, -0.1) is 0 Å². The normalized spacial score (nSPS) is 15.8. The van der Waals surface area contributed by atoms with E-state index in [1.165, 1.54) is 0 Å². The Balaban J connectivity index is 4.55. The van der Waals surface area contributed by atoms with Crippen molar-refractivity contribution in [2.75, 3.05) is 0 Å². The minimum absolute atomic E-state index is 0.0247. The fraction of sp³-hybridized carbons (Fsp3) is 0.800. The molecule has 1 unspecified atom stereocenters. The van der Waals surface area contributed by atoms with Crippen LogP contribution in [0.4, 0.5) is 0 Å². The summed E-state index contributed by atoms with van der Waals surface area (Å²) in [5, 5.41) is -0.649. The highest BCUT2D eigenvalue weighted by molar-refractivity contribution is 6.41. The van der Waals surface area contributed by atoms with E-state index in [0.29, 0.717) is 16.7 Å². The molecule has 0 amide bonds. The maximum atomic E-state index is 11.7. The van der Waals surface area contributed by atoms with Gasteiger partial charge in [-0.25, -0.2) is 0 Å². The second-order valence-electron chi connectivity index (χ2n) is 4.32. The first-order chi connectivity index (χ1) is 5.84. The van der Waals surface area contributed by atoms with Gasteiger partial charge in [-0.05, 0) is 13.3 Å².